The van der Waals surface area contributed by atoms with E-state index in [0.717, 1.165) is 31.5 Å². The zero-order valence-electron chi connectivity index (χ0n) is 11.6. The van der Waals surface area contributed by atoms with Crippen LogP contribution in [0.3, 0.4) is 0 Å². The molecule has 0 bridgehead atoms. The number of hydrogen-bond donors (Lipinski definition) is 1. The number of carbonyl (C=O) groups is 1. The Morgan fingerprint density at radius 2 is 2.30 bits per heavy atom. The molecule has 5 heteroatoms. The molecule has 0 aliphatic carbocycles. The van der Waals surface area contributed by atoms with Crippen molar-refractivity contribution in [1.82, 2.24) is 4.90 Å². The minimum Gasteiger partial charge on any atom is -0.395 e. The van der Waals surface area contributed by atoms with Gasteiger partial charge in [0.2, 0.25) is 0 Å². The number of methoxy groups -OCH3 is 1. The number of aliphatic hydroxyl groups is 1. The number of thiophene rings is 1. The van der Waals surface area contributed by atoms with Gasteiger partial charge < -0.3 is 14.7 Å². The first-order chi connectivity index (χ1) is 9.76. The number of rotatable bonds is 3. The third-order valence-corrected chi connectivity index (χ3v) is 4.28. The van der Waals surface area contributed by atoms with E-state index in [1.165, 1.54) is 11.3 Å². The van der Waals surface area contributed by atoms with Crippen molar-refractivity contribution in [2.75, 3.05) is 26.8 Å². The van der Waals surface area contributed by atoms with Crippen LogP contribution in [0.15, 0.2) is 11.4 Å². The van der Waals surface area contributed by atoms with Gasteiger partial charge in [0.1, 0.15) is 4.88 Å². The highest BCUT2D eigenvalue weighted by Crippen LogP contribution is 2.21. The molecule has 1 amide bonds. The average Bonchev–Trinajstić information content (AvgIpc) is 2.95. The van der Waals surface area contributed by atoms with E-state index in [-0.39, 0.29) is 18.6 Å². The Kier molecular flexibility index (Phi) is 5.60. The number of nitrogens with zero attached hydrogens (tertiary/aromatic N) is 1. The van der Waals surface area contributed by atoms with Gasteiger partial charge in [-0.1, -0.05) is 11.8 Å². The molecular weight excluding hydrogens is 274 g/mol. The Morgan fingerprint density at radius 1 is 1.55 bits per heavy atom. The molecule has 0 radical (unpaired) electrons. The fourth-order valence-electron chi connectivity index (χ4n) is 2.23. The zero-order valence-corrected chi connectivity index (χ0v) is 12.4. The summed E-state index contributed by atoms with van der Waals surface area (Å²) in [6, 6.07) is 1.87. The Labute approximate surface area is 123 Å². The van der Waals surface area contributed by atoms with Gasteiger partial charge in [-0.2, -0.15) is 0 Å². The van der Waals surface area contributed by atoms with Crippen LogP contribution >= 0.6 is 11.3 Å². The molecule has 1 aromatic rings. The predicted octanol–water partition coefficient (Wildman–Crippen LogP) is 1.73. The number of ether oxygens (including phenoxy) is 1. The Morgan fingerprint density at radius 3 is 2.95 bits per heavy atom. The summed E-state index contributed by atoms with van der Waals surface area (Å²) in [6.45, 7) is 1.52. The number of likely N-dealkylation sites (tertiary alicyclic amines) is 1. The first kappa shape index (κ1) is 15.0. The summed E-state index contributed by atoms with van der Waals surface area (Å²) in [5.41, 5.74) is 0.766. The molecule has 20 heavy (non-hydrogen) atoms. The maximum absolute atomic E-state index is 12.5. The quantitative estimate of drug-likeness (QED) is 0.864. The largest absolute Gasteiger partial charge is 0.395 e. The summed E-state index contributed by atoms with van der Waals surface area (Å²) in [5.74, 6) is 5.89. The molecule has 108 valence electrons. The van der Waals surface area contributed by atoms with Gasteiger partial charge in [-0.25, -0.2) is 0 Å². The van der Waals surface area contributed by atoms with Gasteiger partial charge in [-0.05, 0) is 24.3 Å². The third-order valence-electron chi connectivity index (χ3n) is 3.38. The van der Waals surface area contributed by atoms with Crippen molar-refractivity contribution >= 4 is 17.2 Å². The predicted molar refractivity (Wildman–Crippen MR) is 78.8 cm³/mol. The number of piperidine rings is 1. The van der Waals surface area contributed by atoms with Gasteiger partial charge in [-0.3, -0.25) is 4.79 Å². The lowest BCUT2D eigenvalue weighted by Crippen LogP contribution is -2.40. The SMILES string of the molecule is COC1CCN(C(=O)c2sccc2C#CCCO)CC1. The summed E-state index contributed by atoms with van der Waals surface area (Å²) in [7, 11) is 1.72. The Balaban J connectivity index is 2.03. The molecular formula is C15H19NO3S. The lowest BCUT2D eigenvalue weighted by molar-refractivity contribution is 0.0353. The van der Waals surface area contributed by atoms with Gasteiger partial charge in [-0.15, -0.1) is 11.3 Å². The van der Waals surface area contributed by atoms with Gasteiger partial charge in [0.15, 0.2) is 0 Å². The molecule has 2 rings (SSSR count). The van der Waals surface area contributed by atoms with Crippen LogP contribution in [-0.4, -0.2) is 48.8 Å². The average molecular weight is 293 g/mol. The maximum Gasteiger partial charge on any atom is 0.265 e. The first-order valence-corrected chi connectivity index (χ1v) is 7.63. The van der Waals surface area contributed by atoms with Crippen molar-refractivity contribution in [3.8, 4) is 11.8 Å². The molecule has 1 saturated heterocycles. The van der Waals surface area contributed by atoms with Crippen LogP contribution in [0.25, 0.3) is 0 Å². The van der Waals surface area contributed by atoms with Crippen LogP contribution in [0.5, 0.6) is 0 Å². The van der Waals surface area contributed by atoms with E-state index < -0.39 is 0 Å². The van der Waals surface area contributed by atoms with Crippen molar-refractivity contribution in [3.63, 3.8) is 0 Å². The van der Waals surface area contributed by atoms with Crippen molar-refractivity contribution in [2.24, 2.45) is 0 Å². The molecule has 1 N–H and O–H groups in total. The molecule has 1 fully saturated rings. The van der Waals surface area contributed by atoms with Crippen LogP contribution in [0.4, 0.5) is 0 Å². The van der Waals surface area contributed by atoms with Gasteiger partial charge in [0.05, 0.1) is 12.7 Å². The van der Waals surface area contributed by atoms with Gasteiger partial charge >= 0.3 is 0 Å². The second kappa shape index (κ2) is 7.44. The summed E-state index contributed by atoms with van der Waals surface area (Å²) in [4.78, 5) is 15.1. The molecule has 0 unspecified atom stereocenters. The Hall–Kier alpha value is -1.35. The topological polar surface area (TPSA) is 49.8 Å². The molecule has 0 spiro atoms. The molecule has 0 atom stereocenters. The molecule has 0 saturated carbocycles. The first-order valence-electron chi connectivity index (χ1n) is 6.75. The summed E-state index contributed by atoms with van der Waals surface area (Å²) in [6.07, 6.45) is 2.48. The zero-order chi connectivity index (χ0) is 14.4. The fourth-order valence-corrected chi connectivity index (χ4v) is 3.04. The number of amides is 1. The number of carbonyl (C=O) groups excluding carboxylic acids is 1. The van der Waals surface area contributed by atoms with Crippen molar-refractivity contribution in [3.05, 3.63) is 21.9 Å². The molecule has 4 nitrogen and oxygen atoms in total. The van der Waals surface area contributed by atoms with E-state index in [0.29, 0.717) is 11.3 Å². The molecule has 2 heterocycles. The molecule has 1 aliphatic heterocycles. The summed E-state index contributed by atoms with van der Waals surface area (Å²) < 4.78 is 5.32. The Bertz CT molecular complexity index is 507. The maximum atomic E-state index is 12.5. The van der Waals surface area contributed by atoms with E-state index in [1.807, 2.05) is 16.3 Å². The summed E-state index contributed by atoms with van der Waals surface area (Å²) >= 11 is 1.43. The second-order valence-corrected chi connectivity index (χ2v) is 5.58. The monoisotopic (exact) mass is 293 g/mol. The smallest absolute Gasteiger partial charge is 0.265 e. The summed E-state index contributed by atoms with van der Waals surface area (Å²) in [5, 5.41) is 10.6. The van der Waals surface area contributed by atoms with E-state index >= 15 is 0 Å². The van der Waals surface area contributed by atoms with E-state index in [9.17, 15) is 4.79 Å². The van der Waals surface area contributed by atoms with Crippen molar-refractivity contribution < 1.29 is 14.6 Å². The normalized spacial score (nSPS) is 15.8. The number of hydrogen-bond acceptors (Lipinski definition) is 4. The van der Waals surface area contributed by atoms with Crippen LogP contribution in [0.2, 0.25) is 0 Å². The molecule has 1 aliphatic rings. The van der Waals surface area contributed by atoms with Crippen LogP contribution < -0.4 is 0 Å². The van der Waals surface area contributed by atoms with E-state index in [4.69, 9.17) is 9.84 Å². The molecule has 1 aromatic heterocycles. The lowest BCUT2D eigenvalue weighted by Gasteiger charge is -2.31. The highest BCUT2D eigenvalue weighted by Gasteiger charge is 2.25. The minimum absolute atomic E-state index is 0.0466. The fraction of sp³-hybridized carbons (Fsp3) is 0.533. The lowest BCUT2D eigenvalue weighted by atomic mass is 10.1. The van der Waals surface area contributed by atoms with Gasteiger partial charge in [0.25, 0.3) is 5.91 Å². The highest BCUT2D eigenvalue weighted by molar-refractivity contribution is 7.12. The minimum atomic E-state index is 0.0466. The number of aliphatic hydroxyl groups excluding tert-OH is 1. The van der Waals surface area contributed by atoms with Crippen LogP contribution in [0.1, 0.15) is 34.5 Å². The van der Waals surface area contributed by atoms with Crippen LogP contribution in [0, 0.1) is 11.8 Å². The van der Waals surface area contributed by atoms with Gasteiger partial charge in [0, 0.05) is 32.2 Å². The highest BCUT2D eigenvalue weighted by atomic mass is 32.1. The standard InChI is InChI=1S/C15H19NO3S/c1-19-13-5-8-16(9-6-13)15(18)14-12(7-11-20-14)4-2-3-10-17/h7,11,13,17H,3,5-6,8-10H2,1H3. The van der Waals surface area contributed by atoms with Crippen molar-refractivity contribution in [1.29, 1.82) is 0 Å². The molecule has 0 aromatic carbocycles. The van der Waals surface area contributed by atoms with E-state index in [2.05, 4.69) is 11.8 Å². The third kappa shape index (κ3) is 3.60. The second-order valence-electron chi connectivity index (χ2n) is 4.67. The van der Waals surface area contributed by atoms with Crippen LogP contribution in [-0.2, 0) is 4.74 Å². The van der Waals surface area contributed by atoms with Crippen molar-refractivity contribution in [2.45, 2.75) is 25.4 Å². The van der Waals surface area contributed by atoms with E-state index in [1.54, 1.807) is 7.11 Å².